The number of ether oxygens (including phenoxy) is 1. The van der Waals surface area contributed by atoms with Crippen molar-refractivity contribution in [2.75, 3.05) is 18.5 Å². The summed E-state index contributed by atoms with van der Waals surface area (Å²) in [5, 5.41) is 14.2. The van der Waals surface area contributed by atoms with Gasteiger partial charge in [-0.05, 0) is 25.8 Å². The molecule has 6 heteroatoms. The molecule has 1 N–H and O–H groups in total. The van der Waals surface area contributed by atoms with Crippen molar-refractivity contribution in [3.05, 3.63) is 27.9 Å². The third kappa shape index (κ3) is 3.01. The first-order chi connectivity index (χ1) is 9.13. The smallest absolute Gasteiger partial charge is 0.314 e. The summed E-state index contributed by atoms with van der Waals surface area (Å²) < 4.78 is 5.61. The number of anilines is 1. The second-order valence-corrected chi connectivity index (χ2v) is 4.83. The van der Waals surface area contributed by atoms with E-state index in [0.717, 1.165) is 19.4 Å². The minimum absolute atomic E-state index is 0.0643. The van der Waals surface area contributed by atoms with Gasteiger partial charge in [-0.15, -0.1) is 0 Å². The van der Waals surface area contributed by atoms with Crippen LogP contribution in [0, 0.1) is 23.0 Å². The number of nitrogens with one attached hydrogen (secondary N) is 1. The molecule has 2 unspecified atom stereocenters. The van der Waals surface area contributed by atoms with Crippen LogP contribution >= 0.6 is 0 Å². The van der Waals surface area contributed by atoms with Crippen molar-refractivity contribution in [2.45, 2.75) is 32.8 Å². The first-order valence-corrected chi connectivity index (χ1v) is 6.59. The Bertz CT molecular complexity index is 464. The van der Waals surface area contributed by atoms with E-state index >= 15 is 0 Å². The number of rotatable bonds is 5. The maximum absolute atomic E-state index is 11.1. The van der Waals surface area contributed by atoms with Crippen LogP contribution in [-0.2, 0) is 4.74 Å². The highest BCUT2D eigenvalue weighted by Crippen LogP contribution is 2.28. The van der Waals surface area contributed by atoms with Crippen molar-refractivity contribution in [3.8, 4) is 0 Å². The summed E-state index contributed by atoms with van der Waals surface area (Å²) in [7, 11) is 0. The highest BCUT2D eigenvalue weighted by molar-refractivity contribution is 5.59. The molecule has 1 aromatic rings. The summed E-state index contributed by atoms with van der Waals surface area (Å²) in [5.74, 6) is 0.749. The highest BCUT2D eigenvalue weighted by atomic mass is 16.6. The summed E-state index contributed by atoms with van der Waals surface area (Å²) >= 11 is 0. The van der Waals surface area contributed by atoms with Gasteiger partial charge in [0.15, 0.2) is 0 Å². The molecule has 0 aromatic carbocycles. The molecule has 0 bridgehead atoms. The van der Waals surface area contributed by atoms with Gasteiger partial charge in [-0.3, -0.25) is 10.1 Å². The fourth-order valence-electron chi connectivity index (χ4n) is 2.52. The zero-order valence-corrected chi connectivity index (χ0v) is 11.3. The average Bonchev–Trinajstić information content (AvgIpc) is 2.83. The molecule has 1 aromatic heterocycles. The van der Waals surface area contributed by atoms with E-state index in [1.165, 1.54) is 0 Å². The van der Waals surface area contributed by atoms with E-state index in [2.05, 4.69) is 17.2 Å². The highest BCUT2D eigenvalue weighted by Gasteiger charge is 2.27. The number of nitro groups is 1. The van der Waals surface area contributed by atoms with Crippen LogP contribution in [0.5, 0.6) is 0 Å². The predicted molar refractivity (Wildman–Crippen MR) is 72.3 cm³/mol. The van der Waals surface area contributed by atoms with Crippen molar-refractivity contribution in [1.82, 2.24) is 4.98 Å². The van der Waals surface area contributed by atoms with Gasteiger partial charge in [-0.1, -0.05) is 6.92 Å². The maximum Gasteiger partial charge on any atom is 0.314 e. The van der Waals surface area contributed by atoms with Crippen molar-refractivity contribution in [3.63, 3.8) is 0 Å². The average molecular weight is 265 g/mol. The summed E-state index contributed by atoms with van der Waals surface area (Å²) in [6.07, 6.45) is 3.80. The summed E-state index contributed by atoms with van der Waals surface area (Å²) in [6.45, 7) is 5.25. The Balaban J connectivity index is 2.07. The van der Waals surface area contributed by atoms with E-state index in [1.807, 2.05) is 0 Å². The quantitative estimate of drug-likeness (QED) is 0.654. The fraction of sp³-hybridized carbons (Fsp3) is 0.615. The summed E-state index contributed by atoms with van der Waals surface area (Å²) in [6, 6.07) is 1.65. The molecule has 0 aliphatic carbocycles. The molecule has 1 aliphatic rings. The zero-order chi connectivity index (χ0) is 13.8. The van der Waals surface area contributed by atoms with Crippen LogP contribution in [0.15, 0.2) is 12.3 Å². The molecule has 2 rings (SSSR count). The van der Waals surface area contributed by atoms with Crippen LogP contribution in [0.25, 0.3) is 0 Å². The normalized spacial score (nSPS) is 22.4. The van der Waals surface area contributed by atoms with Gasteiger partial charge < -0.3 is 10.1 Å². The monoisotopic (exact) mass is 265 g/mol. The van der Waals surface area contributed by atoms with Crippen molar-refractivity contribution in [1.29, 1.82) is 0 Å². The first kappa shape index (κ1) is 13.7. The van der Waals surface area contributed by atoms with Gasteiger partial charge >= 0.3 is 5.69 Å². The SMILES string of the molecule is CCC1OCCC1CNc1nccc(C)c1[N+](=O)[O-]. The predicted octanol–water partition coefficient (Wildman–Crippen LogP) is 2.53. The number of aryl methyl sites for hydroxylation is 1. The van der Waals surface area contributed by atoms with E-state index in [4.69, 9.17) is 4.74 Å². The number of pyridine rings is 1. The van der Waals surface area contributed by atoms with Crippen LogP contribution < -0.4 is 5.32 Å². The molecule has 2 heterocycles. The molecule has 0 amide bonds. The standard InChI is InChI=1S/C13H19N3O3/c1-3-11-10(5-7-19-11)8-15-13-12(16(17)18)9(2)4-6-14-13/h4,6,10-11H,3,5,7-8H2,1-2H3,(H,14,15). The molecule has 0 spiro atoms. The Kier molecular flexibility index (Phi) is 4.31. The zero-order valence-electron chi connectivity index (χ0n) is 11.3. The van der Waals surface area contributed by atoms with Crippen molar-refractivity contribution >= 4 is 11.5 Å². The van der Waals surface area contributed by atoms with Gasteiger partial charge in [0, 0.05) is 30.8 Å². The summed E-state index contributed by atoms with van der Waals surface area (Å²) in [4.78, 5) is 14.8. The number of nitrogens with zero attached hydrogens (tertiary/aromatic N) is 2. The van der Waals surface area contributed by atoms with E-state index < -0.39 is 0 Å². The molecule has 104 valence electrons. The van der Waals surface area contributed by atoms with E-state index in [1.54, 1.807) is 19.2 Å². The van der Waals surface area contributed by atoms with Gasteiger partial charge in [-0.25, -0.2) is 4.98 Å². The summed E-state index contributed by atoms with van der Waals surface area (Å²) in [5.41, 5.74) is 0.687. The Labute approximate surface area is 112 Å². The second-order valence-electron chi connectivity index (χ2n) is 4.83. The minimum Gasteiger partial charge on any atom is -0.378 e. The Hall–Kier alpha value is -1.69. The van der Waals surface area contributed by atoms with Crippen LogP contribution in [0.2, 0.25) is 0 Å². The van der Waals surface area contributed by atoms with Crippen LogP contribution in [0.3, 0.4) is 0 Å². The van der Waals surface area contributed by atoms with E-state index in [-0.39, 0.29) is 16.7 Å². The molecular formula is C13H19N3O3. The van der Waals surface area contributed by atoms with Gasteiger partial charge in [0.2, 0.25) is 5.82 Å². The molecule has 2 atom stereocenters. The van der Waals surface area contributed by atoms with E-state index in [0.29, 0.717) is 23.8 Å². The lowest BCUT2D eigenvalue weighted by molar-refractivity contribution is -0.384. The minimum atomic E-state index is -0.382. The lowest BCUT2D eigenvalue weighted by atomic mass is 10.00. The van der Waals surface area contributed by atoms with Crippen LogP contribution in [0.1, 0.15) is 25.3 Å². The fourth-order valence-corrected chi connectivity index (χ4v) is 2.52. The Morgan fingerprint density at radius 1 is 1.63 bits per heavy atom. The van der Waals surface area contributed by atoms with Crippen molar-refractivity contribution < 1.29 is 9.66 Å². The van der Waals surface area contributed by atoms with Gasteiger partial charge in [0.1, 0.15) is 0 Å². The molecule has 1 saturated heterocycles. The molecule has 19 heavy (non-hydrogen) atoms. The third-order valence-electron chi connectivity index (χ3n) is 3.59. The lowest BCUT2D eigenvalue weighted by Gasteiger charge is -2.17. The molecule has 6 nitrogen and oxygen atoms in total. The van der Waals surface area contributed by atoms with Gasteiger partial charge in [-0.2, -0.15) is 0 Å². The molecular weight excluding hydrogens is 246 g/mol. The maximum atomic E-state index is 11.1. The lowest BCUT2D eigenvalue weighted by Crippen LogP contribution is -2.23. The molecule has 0 saturated carbocycles. The van der Waals surface area contributed by atoms with Crippen molar-refractivity contribution in [2.24, 2.45) is 5.92 Å². The molecule has 1 fully saturated rings. The Morgan fingerprint density at radius 3 is 3.11 bits per heavy atom. The third-order valence-corrected chi connectivity index (χ3v) is 3.59. The second kappa shape index (κ2) is 5.97. The topological polar surface area (TPSA) is 77.3 Å². The number of hydrogen-bond acceptors (Lipinski definition) is 5. The molecule has 1 aliphatic heterocycles. The largest absolute Gasteiger partial charge is 0.378 e. The number of aromatic nitrogens is 1. The van der Waals surface area contributed by atoms with Crippen LogP contribution in [-0.4, -0.2) is 29.2 Å². The molecule has 0 radical (unpaired) electrons. The number of hydrogen-bond donors (Lipinski definition) is 1. The van der Waals surface area contributed by atoms with Crippen LogP contribution in [0.4, 0.5) is 11.5 Å². The van der Waals surface area contributed by atoms with Gasteiger partial charge in [0.05, 0.1) is 11.0 Å². The Morgan fingerprint density at radius 2 is 2.42 bits per heavy atom. The first-order valence-electron chi connectivity index (χ1n) is 6.59. The van der Waals surface area contributed by atoms with Gasteiger partial charge in [0.25, 0.3) is 0 Å². The van der Waals surface area contributed by atoms with E-state index in [9.17, 15) is 10.1 Å².